The molecule has 0 aromatic heterocycles. The molecule has 5 nitrogen and oxygen atoms in total. The number of likely N-dealkylation sites (tertiary alicyclic amines) is 1. The average Bonchev–Trinajstić information content (AvgIpc) is 2.68. The van der Waals surface area contributed by atoms with Crippen LogP contribution in [0.5, 0.6) is 0 Å². The van der Waals surface area contributed by atoms with Crippen LogP contribution in [0.25, 0.3) is 0 Å². The van der Waals surface area contributed by atoms with Crippen LogP contribution in [0.2, 0.25) is 0 Å². The van der Waals surface area contributed by atoms with E-state index in [2.05, 4.69) is 34.9 Å². The first kappa shape index (κ1) is 17.8. The van der Waals surface area contributed by atoms with E-state index in [-0.39, 0.29) is 23.9 Å². The van der Waals surface area contributed by atoms with Crippen molar-refractivity contribution < 1.29 is 9.59 Å². The van der Waals surface area contributed by atoms with Gasteiger partial charge in [0.25, 0.3) is 0 Å². The molecule has 1 aliphatic carbocycles. The Kier molecular flexibility index (Phi) is 5.95. The van der Waals surface area contributed by atoms with Gasteiger partial charge in [-0.2, -0.15) is 0 Å². The summed E-state index contributed by atoms with van der Waals surface area (Å²) in [5.74, 6) is 0.806. The van der Waals surface area contributed by atoms with E-state index in [1.807, 2.05) is 11.0 Å². The highest BCUT2D eigenvalue weighted by Crippen LogP contribution is 2.28. The van der Waals surface area contributed by atoms with Crippen molar-refractivity contribution in [1.29, 1.82) is 0 Å². The molecular weight excluding hydrogens is 314 g/mol. The number of amides is 3. The number of hydrogen-bond donors (Lipinski definition) is 2. The van der Waals surface area contributed by atoms with Crippen LogP contribution >= 0.6 is 0 Å². The van der Waals surface area contributed by atoms with Gasteiger partial charge in [0.1, 0.15) is 0 Å². The molecule has 136 valence electrons. The van der Waals surface area contributed by atoms with Gasteiger partial charge >= 0.3 is 6.03 Å². The fourth-order valence-electron chi connectivity index (χ4n) is 4.11. The number of urea groups is 1. The molecule has 5 heteroatoms. The summed E-state index contributed by atoms with van der Waals surface area (Å²) in [6, 6.07) is 10.9. The van der Waals surface area contributed by atoms with E-state index >= 15 is 0 Å². The molecule has 1 aliphatic heterocycles. The molecule has 1 saturated heterocycles. The van der Waals surface area contributed by atoms with Gasteiger partial charge in [0.05, 0.1) is 0 Å². The standard InChI is InChI=1S/C20H29N3O2/c1-21-19(24)17-7-9-18(10-8-17)22-20(25)23-13-11-16(12-14-23)15-5-3-2-4-6-15/h2-6,16-18H,7-14H2,1H3,(H,21,24)(H,22,25). The zero-order valence-corrected chi connectivity index (χ0v) is 15.0. The monoisotopic (exact) mass is 343 g/mol. The Bertz CT molecular complexity index is 574. The number of benzene rings is 1. The first-order chi connectivity index (χ1) is 12.2. The summed E-state index contributed by atoms with van der Waals surface area (Å²) in [6.07, 6.45) is 5.57. The van der Waals surface area contributed by atoms with Crippen molar-refractivity contribution in [2.24, 2.45) is 5.92 Å². The quantitative estimate of drug-likeness (QED) is 0.886. The number of piperidine rings is 1. The second-order valence-electron chi connectivity index (χ2n) is 7.28. The lowest BCUT2D eigenvalue weighted by molar-refractivity contribution is -0.125. The third-order valence-electron chi connectivity index (χ3n) is 5.73. The molecule has 3 rings (SSSR count). The summed E-state index contributed by atoms with van der Waals surface area (Å²) in [5, 5.41) is 5.90. The maximum absolute atomic E-state index is 12.5. The number of hydrogen-bond acceptors (Lipinski definition) is 2. The molecule has 0 unspecified atom stereocenters. The Morgan fingerprint density at radius 2 is 1.60 bits per heavy atom. The molecule has 2 N–H and O–H groups in total. The molecule has 1 aromatic rings. The molecule has 0 bridgehead atoms. The second kappa shape index (κ2) is 8.37. The molecule has 1 aromatic carbocycles. The van der Waals surface area contributed by atoms with Crippen LogP contribution in [0.1, 0.15) is 50.0 Å². The number of carbonyl (C=O) groups excluding carboxylic acids is 2. The highest BCUT2D eigenvalue weighted by molar-refractivity contribution is 5.78. The Morgan fingerprint density at radius 3 is 2.20 bits per heavy atom. The van der Waals surface area contributed by atoms with Crippen molar-refractivity contribution >= 4 is 11.9 Å². The van der Waals surface area contributed by atoms with Gasteiger partial charge in [0, 0.05) is 32.1 Å². The zero-order valence-electron chi connectivity index (χ0n) is 15.0. The lowest BCUT2D eigenvalue weighted by Crippen LogP contribution is -2.49. The number of rotatable bonds is 3. The highest BCUT2D eigenvalue weighted by atomic mass is 16.2. The van der Waals surface area contributed by atoms with Gasteiger partial charge in [0.2, 0.25) is 5.91 Å². The van der Waals surface area contributed by atoms with Crippen LogP contribution in [0.3, 0.4) is 0 Å². The maximum atomic E-state index is 12.5. The minimum atomic E-state index is 0.0647. The van der Waals surface area contributed by atoms with E-state index in [0.717, 1.165) is 51.6 Å². The van der Waals surface area contributed by atoms with Crippen LogP contribution in [0, 0.1) is 5.92 Å². The topological polar surface area (TPSA) is 61.4 Å². The first-order valence-corrected chi connectivity index (χ1v) is 9.49. The minimum Gasteiger partial charge on any atom is -0.359 e. The first-order valence-electron chi connectivity index (χ1n) is 9.49. The van der Waals surface area contributed by atoms with Crippen molar-refractivity contribution in [2.45, 2.75) is 50.5 Å². The van der Waals surface area contributed by atoms with E-state index in [9.17, 15) is 9.59 Å². The Balaban J connectivity index is 1.42. The van der Waals surface area contributed by atoms with Gasteiger partial charge in [0.15, 0.2) is 0 Å². The van der Waals surface area contributed by atoms with Gasteiger partial charge in [-0.1, -0.05) is 30.3 Å². The van der Waals surface area contributed by atoms with Crippen molar-refractivity contribution in [1.82, 2.24) is 15.5 Å². The molecule has 2 fully saturated rings. The van der Waals surface area contributed by atoms with Gasteiger partial charge in [-0.3, -0.25) is 4.79 Å². The molecule has 1 saturated carbocycles. The number of carbonyl (C=O) groups is 2. The Hall–Kier alpha value is -2.04. The lowest BCUT2D eigenvalue weighted by atomic mass is 9.85. The van der Waals surface area contributed by atoms with Crippen molar-refractivity contribution in [3.05, 3.63) is 35.9 Å². The number of nitrogens with one attached hydrogen (secondary N) is 2. The van der Waals surface area contributed by atoms with Crippen LogP contribution < -0.4 is 10.6 Å². The van der Waals surface area contributed by atoms with Gasteiger partial charge in [-0.25, -0.2) is 4.79 Å². The van der Waals surface area contributed by atoms with Crippen molar-refractivity contribution in [3.63, 3.8) is 0 Å². The van der Waals surface area contributed by atoms with Gasteiger partial charge in [-0.15, -0.1) is 0 Å². The SMILES string of the molecule is CNC(=O)C1CCC(NC(=O)N2CCC(c3ccccc3)CC2)CC1. The van der Waals surface area contributed by atoms with Crippen LogP contribution in [-0.4, -0.2) is 43.0 Å². The Labute approximate surface area is 150 Å². The lowest BCUT2D eigenvalue weighted by Gasteiger charge is -2.35. The number of nitrogens with zero attached hydrogens (tertiary/aromatic N) is 1. The highest BCUT2D eigenvalue weighted by Gasteiger charge is 2.29. The zero-order chi connectivity index (χ0) is 17.6. The molecule has 0 atom stereocenters. The third kappa shape index (κ3) is 4.53. The molecule has 3 amide bonds. The fraction of sp³-hybridized carbons (Fsp3) is 0.600. The molecule has 1 heterocycles. The predicted octanol–water partition coefficient (Wildman–Crippen LogP) is 2.88. The minimum absolute atomic E-state index is 0.0647. The van der Waals surface area contributed by atoms with Crippen LogP contribution in [-0.2, 0) is 4.79 Å². The largest absolute Gasteiger partial charge is 0.359 e. The van der Waals surface area contributed by atoms with E-state index in [1.54, 1.807) is 7.05 Å². The maximum Gasteiger partial charge on any atom is 0.317 e. The second-order valence-corrected chi connectivity index (χ2v) is 7.28. The van der Waals surface area contributed by atoms with E-state index in [4.69, 9.17) is 0 Å². The summed E-state index contributed by atoms with van der Waals surface area (Å²) in [4.78, 5) is 26.1. The Morgan fingerprint density at radius 1 is 0.960 bits per heavy atom. The third-order valence-corrected chi connectivity index (χ3v) is 5.73. The average molecular weight is 343 g/mol. The summed E-state index contributed by atoms with van der Waals surface area (Å²) >= 11 is 0. The van der Waals surface area contributed by atoms with E-state index in [0.29, 0.717) is 5.92 Å². The molecule has 2 aliphatic rings. The van der Waals surface area contributed by atoms with Crippen molar-refractivity contribution in [3.8, 4) is 0 Å². The summed E-state index contributed by atoms with van der Waals surface area (Å²) in [5.41, 5.74) is 1.38. The summed E-state index contributed by atoms with van der Waals surface area (Å²) < 4.78 is 0. The molecule has 25 heavy (non-hydrogen) atoms. The van der Waals surface area contributed by atoms with Crippen LogP contribution in [0.15, 0.2) is 30.3 Å². The van der Waals surface area contributed by atoms with Crippen molar-refractivity contribution in [2.75, 3.05) is 20.1 Å². The van der Waals surface area contributed by atoms with E-state index in [1.165, 1.54) is 5.56 Å². The van der Waals surface area contributed by atoms with Crippen LogP contribution in [0.4, 0.5) is 4.79 Å². The molecule has 0 spiro atoms. The normalized spacial score (nSPS) is 24.6. The summed E-state index contributed by atoms with van der Waals surface area (Å²) in [7, 11) is 1.69. The van der Waals surface area contributed by atoms with Gasteiger partial charge < -0.3 is 15.5 Å². The van der Waals surface area contributed by atoms with E-state index < -0.39 is 0 Å². The fourth-order valence-corrected chi connectivity index (χ4v) is 4.11. The summed E-state index contributed by atoms with van der Waals surface area (Å²) in [6.45, 7) is 1.64. The van der Waals surface area contributed by atoms with Gasteiger partial charge in [-0.05, 0) is 50.0 Å². The smallest absolute Gasteiger partial charge is 0.317 e. The molecular formula is C20H29N3O2. The molecule has 0 radical (unpaired) electrons. The predicted molar refractivity (Wildman–Crippen MR) is 98.3 cm³/mol.